The van der Waals surface area contributed by atoms with Crippen molar-refractivity contribution in [1.82, 2.24) is 15.3 Å². The van der Waals surface area contributed by atoms with E-state index in [1.54, 1.807) is 6.92 Å². The highest BCUT2D eigenvalue weighted by Crippen LogP contribution is 2.46. The van der Waals surface area contributed by atoms with Gasteiger partial charge < -0.3 is 15.2 Å². The molecule has 0 atom stereocenters. The van der Waals surface area contributed by atoms with Crippen LogP contribution >= 0.6 is 0 Å². The summed E-state index contributed by atoms with van der Waals surface area (Å²) in [6, 6.07) is 1.45. The van der Waals surface area contributed by atoms with Crippen molar-refractivity contribution in [3.63, 3.8) is 0 Å². The number of ether oxygens (including phenoxy) is 1. The van der Waals surface area contributed by atoms with Crippen molar-refractivity contribution in [1.29, 1.82) is 0 Å². The van der Waals surface area contributed by atoms with Gasteiger partial charge in [-0.2, -0.15) is 0 Å². The van der Waals surface area contributed by atoms with E-state index in [-0.39, 0.29) is 10.5 Å². The first-order chi connectivity index (χ1) is 14.0. The Morgan fingerprint density at radius 2 is 2.00 bits per heavy atom. The lowest BCUT2D eigenvalue weighted by Gasteiger charge is -2.53. The number of rotatable bonds is 5. The molecule has 1 aliphatic carbocycles. The molecule has 3 fully saturated rings. The zero-order valence-electron chi connectivity index (χ0n) is 16.9. The third-order valence-electron chi connectivity index (χ3n) is 6.40. The number of nitrogens with one attached hydrogen (secondary N) is 1. The van der Waals surface area contributed by atoms with Crippen LogP contribution in [0.3, 0.4) is 0 Å². The van der Waals surface area contributed by atoms with Crippen molar-refractivity contribution in [2.24, 2.45) is 0 Å². The van der Waals surface area contributed by atoms with Crippen molar-refractivity contribution >= 4 is 27.0 Å². The van der Waals surface area contributed by atoms with E-state index in [0.29, 0.717) is 61.8 Å². The van der Waals surface area contributed by atoms with Crippen LogP contribution in [0.25, 0.3) is 11.0 Å². The predicted molar refractivity (Wildman–Crippen MR) is 107 cm³/mol. The second-order valence-electron chi connectivity index (χ2n) is 8.51. The summed E-state index contributed by atoms with van der Waals surface area (Å²) in [4.78, 5) is 19.4. The van der Waals surface area contributed by atoms with Gasteiger partial charge in [-0.3, -0.25) is 4.98 Å². The van der Waals surface area contributed by atoms with Crippen LogP contribution in [0.15, 0.2) is 17.3 Å². The van der Waals surface area contributed by atoms with Gasteiger partial charge in [-0.15, -0.1) is 0 Å². The number of fused-ring (bicyclic) bond motifs is 4. The molecule has 2 bridgehead atoms. The van der Waals surface area contributed by atoms with Gasteiger partial charge in [0.2, 0.25) is 0 Å². The largest absolute Gasteiger partial charge is 0.465 e. The highest BCUT2D eigenvalue weighted by molar-refractivity contribution is 7.90. The topological polar surface area (TPSA) is 118 Å². The summed E-state index contributed by atoms with van der Waals surface area (Å²) in [6.45, 7) is 2.03. The van der Waals surface area contributed by atoms with Crippen molar-refractivity contribution < 1.29 is 27.4 Å². The van der Waals surface area contributed by atoms with E-state index < -0.39 is 32.9 Å². The van der Waals surface area contributed by atoms with Crippen molar-refractivity contribution in [3.05, 3.63) is 29.2 Å². The van der Waals surface area contributed by atoms with E-state index in [2.05, 4.69) is 15.3 Å². The molecule has 10 heteroatoms. The summed E-state index contributed by atoms with van der Waals surface area (Å²) in [5.41, 5.74) is 0.724. The average Bonchev–Trinajstić information content (AvgIpc) is 2.67. The van der Waals surface area contributed by atoms with Crippen LogP contribution in [0.1, 0.15) is 43.2 Å². The minimum atomic E-state index is -3.55. The van der Waals surface area contributed by atoms with Crippen LogP contribution in [0, 0.1) is 12.7 Å². The number of halogens is 1. The van der Waals surface area contributed by atoms with E-state index in [0.717, 1.165) is 12.5 Å². The van der Waals surface area contributed by atoms with Crippen molar-refractivity contribution in [2.45, 2.75) is 61.6 Å². The molecule has 2 aromatic rings. The number of aryl methyl sites for hydroxylation is 2. The van der Waals surface area contributed by atoms with Gasteiger partial charge in [0.25, 0.3) is 0 Å². The van der Waals surface area contributed by atoms with E-state index >= 15 is 0 Å². The molecule has 0 aromatic carbocycles. The third-order valence-corrected chi connectivity index (χ3v) is 7.37. The average molecular weight is 437 g/mol. The molecule has 2 N–H and O–H groups in total. The molecule has 2 saturated heterocycles. The van der Waals surface area contributed by atoms with Gasteiger partial charge in [0, 0.05) is 11.8 Å². The number of carboxylic acid groups (broad SMARTS) is 1. The van der Waals surface area contributed by atoms with Gasteiger partial charge >= 0.3 is 6.09 Å². The lowest BCUT2D eigenvalue weighted by atomic mass is 9.69. The Labute approximate surface area is 173 Å². The molecule has 0 spiro atoms. The zero-order chi connectivity index (χ0) is 21.7. The number of hydrogen-bond donors (Lipinski definition) is 2. The standard InChI is InChI=1S/C20H24FN3O5S/c1-12-9-15(30(2,27)28)23-17-13(14(21)10-22-16(12)17)3-4-20-7-5-19(6-8-20,11-29-20)24-18(25)26/h9-10,24H,3-8,11H2,1-2H3,(H,25,26). The quantitative estimate of drug-likeness (QED) is 0.738. The van der Waals surface area contributed by atoms with Crippen molar-refractivity contribution in [2.75, 3.05) is 12.9 Å². The molecule has 0 unspecified atom stereocenters. The number of pyridine rings is 2. The van der Waals surface area contributed by atoms with Gasteiger partial charge in [0.05, 0.1) is 35.0 Å². The molecule has 162 valence electrons. The maximum atomic E-state index is 14.7. The molecule has 1 amide bonds. The summed E-state index contributed by atoms with van der Waals surface area (Å²) < 4.78 is 44.8. The van der Waals surface area contributed by atoms with Crippen LogP contribution in [0.2, 0.25) is 0 Å². The highest BCUT2D eigenvalue weighted by atomic mass is 32.2. The fraction of sp³-hybridized carbons (Fsp3) is 0.550. The summed E-state index contributed by atoms with van der Waals surface area (Å²) in [5, 5.41) is 11.6. The first-order valence-corrected chi connectivity index (χ1v) is 11.7. The molecule has 3 aliphatic rings. The van der Waals surface area contributed by atoms with Crippen LogP contribution in [0.4, 0.5) is 9.18 Å². The highest BCUT2D eigenvalue weighted by Gasteiger charge is 2.50. The molecule has 4 heterocycles. The van der Waals surface area contributed by atoms with Gasteiger partial charge in [-0.1, -0.05) is 0 Å². The molecule has 1 saturated carbocycles. The number of amides is 1. The summed E-state index contributed by atoms with van der Waals surface area (Å²) in [6.07, 6.45) is 4.73. The van der Waals surface area contributed by atoms with Gasteiger partial charge in [-0.05, 0) is 57.1 Å². The van der Waals surface area contributed by atoms with E-state index in [9.17, 15) is 17.6 Å². The summed E-state index contributed by atoms with van der Waals surface area (Å²) in [7, 11) is -3.55. The Balaban J connectivity index is 1.61. The zero-order valence-corrected chi connectivity index (χ0v) is 17.7. The molecule has 8 nitrogen and oxygen atoms in total. The molecular weight excluding hydrogens is 413 g/mol. The van der Waals surface area contributed by atoms with Gasteiger partial charge in [0.1, 0.15) is 5.82 Å². The lowest BCUT2D eigenvalue weighted by molar-refractivity contribution is -0.162. The van der Waals surface area contributed by atoms with Crippen molar-refractivity contribution in [3.8, 4) is 0 Å². The maximum absolute atomic E-state index is 14.7. The van der Waals surface area contributed by atoms with Crippen LogP contribution in [-0.4, -0.2) is 53.6 Å². The number of sulfone groups is 1. The SMILES string of the molecule is Cc1cc(S(C)(=O)=O)nc2c(CCC34CCC(NC(=O)O)(CC3)CO4)c(F)cnc12. The summed E-state index contributed by atoms with van der Waals surface area (Å²) in [5.74, 6) is -0.523. The fourth-order valence-electron chi connectivity index (χ4n) is 4.58. The van der Waals surface area contributed by atoms with Crippen LogP contribution < -0.4 is 5.32 Å². The van der Waals surface area contributed by atoms with Gasteiger partial charge in [-0.25, -0.2) is 22.6 Å². The monoisotopic (exact) mass is 437 g/mol. The smallest absolute Gasteiger partial charge is 0.405 e. The Hall–Kier alpha value is -2.33. The Morgan fingerprint density at radius 1 is 1.30 bits per heavy atom. The van der Waals surface area contributed by atoms with Crippen LogP contribution in [-0.2, 0) is 21.0 Å². The molecule has 30 heavy (non-hydrogen) atoms. The second-order valence-corrected chi connectivity index (χ2v) is 10.5. The maximum Gasteiger partial charge on any atom is 0.405 e. The number of aromatic nitrogens is 2. The summed E-state index contributed by atoms with van der Waals surface area (Å²) >= 11 is 0. The molecule has 5 rings (SSSR count). The number of carbonyl (C=O) groups is 1. The third kappa shape index (κ3) is 3.74. The molecule has 2 aromatic heterocycles. The first kappa shape index (κ1) is 20.9. The normalized spacial score (nSPS) is 26.1. The van der Waals surface area contributed by atoms with Crippen LogP contribution in [0.5, 0.6) is 0 Å². The van der Waals surface area contributed by atoms with E-state index in [1.807, 2.05) is 0 Å². The minimum Gasteiger partial charge on any atom is -0.465 e. The Morgan fingerprint density at radius 3 is 2.57 bits per heavy atom. The van der Waals surface area contributed by atoms with Gasteiger partial charge in [0.15, 0.2) is 14.9 Å². The molecule has 2 aliphatic heterocycles. The predicted octanol–water partition coefficient (Wildman–Crippen LogP) is 2.76. The Kier molecular flexibility index (Phi) is 4.97. The number of hydrogen-bond acceptors (Lipinski definition) is 6. The first-order valence-electron chi connectivity index (χ1n) is 9.83. The second kappa shape index (κ2) is 7.12. The minimum absolute atomic E-state index is 0.101. The lowest BCUT2D eigenvalue weighted by Crippen LogP contribution is -2.62. The number of nitrogens with zero attached hydrogens (tertiary/aromatic N) is 2. The van der Waals surface area contributed by atoms with E-state index in [4.69, 9.17) is 9.84 Å². The molecule has 0 radical (unpaired) electrons. The Bertz CT molecular complexity index is 1110. The van der Waals surface area contributed by atoms with E-state index in [1.165, 1.54) is 6.07 Å². The fourth-order valence-corrected chi connectivity index (χ4v) is 5.22. The molecular formula is C20H24FN3O5S.